The summed E-state index contributed by atoms with van der Waals surface area (Å²) in [6, 6.07) is 13.3. The third-order valence-electron chi connectivity index (χ3n) is 3.58. The van der Waals surface area contributed by atoms with Crippen LogP contribution in [0.4, 0.5) is 0 Å². The average molecular weight is 282 g/mol. The first-order valence-corrected chi connectivity index (χ1v) is 7.13. The molecule has 0 heterocycles. The Bertz CT molecular complexity index is 646. The van der Waals surface area contributed by atoms with Crippen molar-refractivity contribution in [3.8, 4) is 5.75 Å². The van der Waals surface area contributed by atoms with Gasteiger partial charge in [0, 0.05) is 16.7 Å². The number of hydrogen-bond donors (Lipinski definition) is 0. The van der Waals surface area contributed by atoms with E-state index in [4.69, 9.17) is 4.74 Å². The molecule has 0 aliphatic heterocycles. The quantitative estimate of drug-likeness (QED) is 0.773. The molecule has 0 saturated heterocycles. The standard InChI is InChI=1S/C19H22O2/c1-13-6-8-14(9-7-13)18(20)15-10-11-17(21-5)16(12-15)19(2,3)4/h6-12H,1-5H3. The van der Waals surface area contributed by atoms with Gasteiger partial charge in [0.15, 0.2) is 5.78 Å². The molecule has 0 bridgehead atoms. The van der Waals surface area contributed by atoms with Crippen LogP contribution in [0.25, 0.3) is 0 Å². The van der Waals surface area contributed by atoms with E-state index in [1.54, 1.807) is 7.11 Å². The maximum absolute atomic E-state index is 12.6. The summed E-state index contributed by atoms with van der Waals surface area (Å²) in [5.41, 5.74) is 3.53. The first-order valence-electron chi connectivity index (χ1n) is 7.13. The van der Waals surface area contributed by atoms with Gasteiger partial charge >= 0.3 is 0 Å². The Labute approximate surface area is 126 Å². The van der Waals surface area contributed by atoms with Gasteiger partial charge in [0.2, 0.25) is 0 Å². The number of benzene rings is 2. The van der Waals surface area contributed by atoms with Crippen molar-refractivity contribution < 1.29 is 9.53 Å². The van der Waals surface area contributed by atoms with E-state index in [-0.39, 0.29) is 11.2 Å². The Balaban J connectivity index is 2.45. The van der Waals surface area contributed by atoms with Gasteiger partial charge in [-0.3, -0.25) is 4.79 Å². The molecule has 2 aromatic rings. The molecule has 21 heavy (non-hydrogen) atoms. The van der Waals surface area contributed by atoms with E-state index in [1.807, 2.05) is 49.4 Å². The Kier molecular flexibility index (Phi) is 4.17. The second-order valence-electron chi connectivity index (χ2n) is 6.36. The van der Waals surface area contributed by atoms with Crippen LogP contribution in [0.5, 0.6) is 5.75 Å². The van der Waals surface area contributed by atoms with E-state index in [9.17, 15) is 4.79 Å². The molecular weight excluding hydrogens is 260 g/mol. The third kappa shape index (κ3) is 3.33. The number of rotatable bonds is 3. The molecule has 110 valence electrons. The summed E-state index contributed by atoms with van der Waals surface area (Å²) in [4.78, 5) is 12.6. The zero-order chi connectivity index (χ0) is 15.6. The number of hydrogen-bond acceptors (Lipinski definition) is 2. The largest absolute Gasteiger partial charge is 0.496 e. The molecule has 0 amide bonds. The highest BCUT2D eigenvalue weighted by Crippen LogP contribution is 2.32. The van der Waals surface area contributed by atoms with Crippen LogP contribution in [0, 0.1) is 6.92 Å². The van der Waals surface area contributed by atoms with Crippen molar-refractivity contribution >= 4 is 5.78 Å². The summed E-state index contributed by atoms with van der Waals surface area (Å²) in [5, 5.41) is 0. The van der Waals surface area contributed by atoms with Crippen molar-refractivity contribution in [2.45, 2.75) is 33.1 Å². The topological polar surface area (TPSA) is 26.3 Å². The summed E-state index contributed by atoms with van der Waals surface area (Å²) in [7, 11) is 1.66. The minimum Gasteiger partial charge on any atom is -0.496 e. The molecule has 0 fully saturated rings. The molecule has 0 radical (unpaired) electrons. The Morgan fingerprint density at radius 2 is 1.52 bits per heavy atom. The molecule has 2 nitrogen and oxygen atoms in total. The Morgan fingerprint density at radius 1 is 0.952 bits per heavy atom. The zero-order valence-corrected chi connectivity index (χ0v) is 13.4. The number of methoxy groups -OCH3 is 1. The van der Waals surface area contributed by atoms with Crippen molar-refractivity contribution in [1.82, 2.24) is 0 Å². The summed E-state index contributed by atoms with van der Waals surface area (Å²) in [6.45, 7) is 8.36. The van der Waals surface area contributed by atoms with Crippen LogP contribution >= 0.6 is 0 Å². The van der Waals surface area contributed by atoms with E-state index in [1.165, 1.54) is 0 Å². The maximum atomic E-state index is 12.6. The summed E-state index contributed by atoms with van der Waals surface area (Å²) in [6.07, 6.45) is 0. The van der Waals surface area contributed by atoms with Crippen LogP contribution in [0.1, 0.15) is 47.8 Å². The van der Waals surface area contributed by atoms with E-state index in [0.717, 1.165) is 16.9 Å². The van der Waals surface area contributed by atoms with Crippen molar-refractivity contribution in [3.63, 3.8) is 0 Å². The van der Waals surface area contributed by atoms with E-state index in [2.05, 4.69) is 20.8 Å². The molecule has 0 saturated carbocycles. The van der Waals surface area contributed by atoms with Crippen molar-refractivity contribution in [1.29, 1.82) is 0 Å². The average Bonchev–Trinajstić information content (AvgIpc) is 2.45. The molecule has 0 spiro atoms. The van der Waals surface area contributed by atoms with Crippen molar-refractivity contribution in [2.24, 2.45) is 0 Å². The van der Waals surface area contributed by atoms with Crippen LogP contribution in [-0.2, 0) is 5.41 Å². The van der Waals surface area contributed by atoms with E-state index >= 15 is 0 Å². The van der Waals surface area contributed by atoms with Gasteiger partial charge in [0.05, 0.1) is 7.11 Å². The van der Waals surface area contributed by atoms with Crippen LogP contribution < -0.4 is 4.74 Å². The molecule has 2 heteroatoms. The summed E-state index contributed by atoms with van der Waals surface area (Å²) in [5.74, 6) is 0.867. The highest BCUT2D eigenvalue weighted by Gasteiger charge is 2.21. The molecule has 0 aromatic heterocycles. The predicted octanol–water partition coefficient (Wildman–Crippen LogP) is 4.53. The number of carbonyl (C=O) groups is 1. The number of ether oxygens (including phenoxy) is 1. The molecule has 2 aromatic carbocycles. The Morgan fingerprint density at radius 3 is 2.05 bits per heavy atom. The molecular formula is C19H22O2. The van der Waals surface area contributed by atoms with E-state index < -0.39 is 0 Å². The lowest BCUT2D eigenvalue weighted by atomic mass is 9.84. The molecule has 0 aliphatic carbocycles. The molecule has 2 rings (SSSR count). The highest BCUT2D eigenvalue weighted by molar-refractivity contribution is 6.09. The lowest BCUT2D eigenvalue weighted by molar-refractivity contribution is 0.103. The van der Waals surface area contributed by atoms with Gasteiger partial charge in [0.1, 0.15) is 5.75 Å². The SMILES string of the molecule is COc1ccc(C(=O)c2ccc(C)cc2)cc1C(C)(C)C. The van der Waals surface area contributed by atoms with Crippen molar-refractivity contribution in [2.75, 3.05) is 7.11 Å². The lowest BCUT2D eigenvalue weighted by Gasteiger charge is -2.22. The van der Waals surface area contributed by atoms with Gasteiger partial charge in [0.25, 0.3) is 0 Å². The van der Waals surface area contributed by atoms with Crippen LogP contribution in [0.2, 0.25) is 0 Å². The zero-order valence-electron chi connectivity index (χ0n) is 13.4. The van der Waals surface area contributed by atoms with Gasteiger partial charge < -0.3 is 4.74 Å². The minimum absolute atomic E-state index is 0.0446. The van der Waals surface area contributed by atoms with Gasteiger partial charge in [-0.2, -0.15) is 0 Å². The summed E-state index contributed by atoms with van der Waals surface area (Å²) >= 11 is 0. The predicted molar refractivity (Wildman–Crippen MR) is 86.3 cm³/mol. The fourth-order valence-corrected chi connectivity index (χ4v) is 2.31. The number of carbonyl (C=O) groups excluding carboxylic acids is 1. The van der Waals surface area contributed by atoms with Gasteiger partial charge in [-0.1, -0.05) is 50.6 Å². The summed E-state index contributed by atoms with van der Waals surface area (Å²) < 4.78 is 5.42. The second kappa shape index (κ2) is 5.72. The molecule has 0 aliphatic rings. The molecule has 0 unspecified atom stereocenters. The van der Waals surface area contributed by atoms with Crippen LogP contribution in [-0.4, -0.2) is 12.9 Å². The maximum Gasteiger partial charge on any atom is 0.193 e. The van der Waals surface area contributed by atoms with Gasteiger partial charge in [-0.05, 0) is 30.5 Å². The highest BCUT2D eigenvalue weighted by atomic mass is 16.5. The smallest absolute Gasteiger partial charge is 0.193 e. The third-order valence-corrected chi connectivity index (χ3v) is 3.58. The fraction of sp³-hybridized carbons (Fsp3) is 0.316. The number of ketones is 1. The number of aryl methyl sites for hydroxylation is 1. The second-order valence-corrected chi connectivity index (χ2v) is 6.36. The molecule has 0 N–H and O–H groups in total. The normalized spacial score (nSPS) is 11.3. The monoisotopic (exact) mass is 282 g/mol. The van der Waals surface area contributed by atoms with Gasteiger partial charge in [-0.15, -0.1) is 0 Å². The van der Waals surface area contributed by atoms with Crippen LogP contribution in [0.3, 0.4) is 0 Å². The van der Waals surface area contributed by atoms with Gasteiger partial charge in [-0.25, -0.2) is 0 Å². The first kappa shape index (κ1) is 15.3. The lowest BCUT2D eigenvalue weighted by Crippen LogP contribution is -2.14. The fourth-order valence-electron chi connectivity index (χ4n) is 2.31. The van der Waals surface area contributed by atoms with Crippen molar-refractivity contribution in [3.05, 3.63) is 64.7 Å². The minimum atomic E-state index is -0.0745. The van der Waals surface area contributed by atoms with Crippen LogP contribution in [0.15, 0.2) is 42.5 Å². The Hall–Kier alpha value is -2.09. The molecule has 0 atom stereocenters. The first-order chi connectivity index (χ1) is 9.82. The van der Waals surface area contributed by atoms with E-state index in [0.29, 0.717) is 11.1 Å².